The first-order valence-electron chi connectivity index (χ1n) is 10.2. The molecule has 1 saturated heterocycles. The highest BCUT2D eigenvalue weighted by Crippen LogP contribution is 2.37. The van der Waals surface area contributed by atoms with E-state index < -0.39 is 27.1 Å². The largest absolute Gasteiger partial charge is 0.493 e. The maximum Gasteiger partial charge on any atom is 0.339 e. The van der Waals surface area contributed by atoms with Crippen LogP contribution in [-0.4, -0.2) is 31.6 Å². The van der Waals surface area contributed by atoms with Gasteiger partial charge in [-0.05, 0) is 71.9 Å². The molecule has 0 aliphatic carbocycles. The van der Waals surface area contributed by atoms with Crippen LogP contribution < -0.4 is 8.92 Å². The summed E-state index contributed by atoms with van der Waals surface area (Å²) in [6, 6.07) is 13.4. The van der Waals surface area contributed by atoms with Crippen molar-refractivity contribution in [1.82, 2.24) is 4.90 Å². The van der Waals surface area contributed by atoms with Crippen LogP contribution in [0.15, 0.2) is 70.5 Å². The van der Waals surface area contributed by atoms with Crippen LogP contribution in [-0.2, 0) is 21.5 Å². The van der Waals surface area contributed by atoms with E-state index in [1.165, 1.54) is 31.4 Å². The van der Waals surface area contributed by atoms with E-state index in [4.69, 9.17) is 32.1 Å². The number of halogens is 3. The van der Waals surface area contributed by atoms with Crippen molar-refractivity contribution in [3.8, 4) is 11.5 Å². The molecule has 1 aliphatic heterocycles. The fraction of sp³-hybridized carbons (Fsp3) is 0.0833. The van der Waals surface area contributed by atoms with Crippen molar-refractivity contribution in [3.63, 3.8) is 0 Å². The van der Waals surface area contributed by atoms with Gasteiger partial charge in [0.1, 0.15) is 10.7 Å². The van der Waals surface area contributed by atoms with Gasteiger partial charge in [-0.2, -0.15) is 8.42 Å². The standard InChI is InChI=1S/C24H16Cl2FNO6S2/c1-33-21-11-14(5-10-20(21)34-36(31,32)16-8-6-15(27)7-9-16)12-22-23(29)28(24(30)35-22)13-17-18(25)3-2-4-19(17)26/h2-12H,13H2,1H3/b22-12-. The third-order valence-corrected chi connectivity index (χ3v) is 7.90. The Bertz CT molecular complexity index is 1470. The third kappa shape index (κ3) is 5.52. The highest BCUT2D eigenvalue weighted by atomic mass is 35.5. The summed E-state index contributed by atoms with van der Waals surface area (Å²) in [4.78, 5) is 26.4. The van der Waals surface area contributed by atoms with Crippen molar-refractivity contribution in [2.75, 3.05) is 7.11 Å². The second kappa shape index (κ2) is 10.5. The van der Waals surface area contributed by atoms with Crippen LogP contribution in [0, 0.1) is 5.82 Å². The van der Waals surface area contributed by atoms with E-state index in [9.17, 15) is 22.4 Å². The quantitative estimate of drug-likeness (QED) is 0.250. The maximum atomic E-state index is 13.1. The lowest BCUT2D eigenvalue weighted by atomic mass is 10.1. The average Bonchev–Trinajstić information content (AvgIpc) is 3.09. The Hall–Kier alpha value is -3.05. The second-order valence-corrected chi connectivity index (χ2v) is 10.7. The summed E-state index contributed by atoms with van der Waals surface area (Å²) in [7, 11) is -2.93. The Morgan fingerprint density at radius 3 is 2.31 bits per heavy atom. The Morgan fingerprint density at radius 2 is 1.67 bits per heavy atom. The highest BCUT2D eigenvalue weighted by molar-refractivity contribution is 8.18. The van der Waals surface area contributed by atoms with Gasteiger partial charge in [-0.15, -0.1) is 0 Å². The molecule has 4 rings (SSSR count). The summed E-state index contributed by atoms with van der Waals surface area (Å²) in [5, 5.41) is 0.183. The summed E-state index contributed by atoms with van der Waals surface area (Å²) >= 11 is 13.1. The van der Waals surface area contributed by atoms with Gasteiger partial charge in [-0.3, -0.25) is 14.5 Å². The summed E-state index contributed by atoms with van der Waals surface area (Å²) in [5.74, 6) is -1.16. The summed E-state index contributed by atoms with van der Waals surface area (Å²) < 4.78 is 48.6. The number of thioether (sulfide) groups is 1. The topological polar surface area (TPSA) is 90.0 Å². The lowest BCUT2D eigenvalue weighted by Crippen LogP contribution is -2.27. The van der Waals surface area contributed by atoms with Crippen LogP contribution in [0.2, 0.25) is 10.0 Å². The number of hydrogen-bond acceptors (Lipinski definition) is 7. The van der Waals surface area contributed by atoms with E-state index in [0.717, 1.165) is 40.9 Å². The number of carbonyl (C=O) groups is 2. The smallest absolute Gasteiger partial charge is 0.339 e. The third-order valence-electron chi connectivity index (χ3n) is 5.04. The molecule has 0 bridgehead atoms. The van der Waals surface area contributed by atoms with Crippen molar-refractivity contribution in [3.05, 3.63) is 92.6 Å². The first-order chi connectivity index (χ1) is 17.1. The van der Waals surface area contributed by atoms with Crippen molar-refractivity contribution >= 4 is 62.3 Å². The molecule has 0 saturated carbocycles. The van der Waals surface area contributed by atoms with E-state index in [2.05, 4.69) is 0 Å². The molecule has 1 fully saturated rings. The normalized spacial score (nSPS) is 15.0. The molecule has 186 valence electrons. The van der Waals surface area contributed by atoms with Crippen LogP contribution in [0.3, 0.4) is 0 Å². The average molecular weight is 568 g/mol. The van der Waals surface area contributed by atoms with Crippen molar-refractivity contribution in [1.29, 1.82) is 0 Å². The molecule has 12 heteroatoms. The molecule has 3 aromatic carbocycles. The monoisotopic (exact) mass is 567 g/mol. The zero-order chi connectivity index (χ0) is 26.0. The molecule has 1 aliphatic rings. The molecule has 7 nitrogen and oxygen atoms in total. The van der Waals surface area contributed by atoms with Crippen LogP contribution in [0.4, 0.5) is 9.18 Å². The molecule has 36 heavy (non-hydrogen) atoms. The van der Waals surface area contributed by atoms with Gasteiger partial charge in [0.25, 0.3) is 11.1 Å². The fourth-order valence-corrected chi connectivity index (χ4v) is 5.53. The predicted octanol–water partition coefficient (Wildman–Crippen LogP) is 6.15. The Kier molecular flexibility index (Phi) is 7.60. The number of nitrogens with zero attached hydrogens (tertiary/aromatic N) is 1. The molecule has 0 spiro atoms. The van der Waals surface area contributed by atoms with Gasteiger partial charge in [0.05, 0.1) is 18.6 Å². The molecule has 0 radical (unpaired) electrons. The number of methoxy groups -OCH3 is 1. The molecular formula is C24H16Cl2FNO6S2. The number of ether oxygens (including phenoxy) is 1. The van der Waals surface area contributed by atoms with Gasteiger partial charge >= 0.3 is 10.1 Å². The number of hydrogen-bond donors (Lipinski definition) is 0. The van der Waals surface area contributed by atoms with Crippen LogP contribution >= 0.6 is 35.0 Å². The Morgan fingerprint density at radius 1 is 1.00 bits per heavy atom. The number of benzene rings is 3. The lowest BCUT2D eigenvalue weighted by Gasteiger charge is -2.14. The molecule has 0 unspecified atom stereocenters. The van der Waals surface area contributed by atoms with Crippen LogP contribution in [0.25, 0.3) is 6.08 Å². The minimum Gasteiger partial charge on any atom is -0.493 e. The number of rotatable bonds is 7. The van der Waals surface area contributed by atoms with Crippen LogP contribution in [0.1, 0.15) is 11.1 Å². The lowest BCUT2D eigenvalue weighted by molar-refractivity contribution is -0.123. The van der Waals surface area contributed by atoms with Gasteiger partial charge in [-0.1, -0.05) is 35.3 Å². The van der Waals surface area contributed by atoms with Gasteiger partial charge in [0.2, 0.25) is 0 Å². The van der Waals surface area contributed by atoms with Crippen molar-refractivity contribution < 1.29 is 31.3 Å². The van der Waals surface area contributed by atoms with Crippen LogP contribution in [0.5, 0.6) is 11.5 Å². The molecule has 0 aromatic heterocycles. The molecule has 0 N–H and O–H groups in total. The van der Waals surface area contributed by atoms with E-state index >= 15 is 0 Å². The van der Waals surface area contributed by atoms with E-state index in [-0.39, 0.29) is 27.8 Å². The minimum absolute atomic E-state index is 0.0662. The number of imide groups is 1. The zero-order valence-corrected chi connectivity index (χ0v) is 21.5. The number of carbonyl (C=O) groups excluding carboxylic acids is 2. The minimum atomic E-state index is -4.25. The predicted molar refractivity (Wildman–Crippen MR) is 135 cm³/mol. The fourth-order valence-electron chi connectivity index (χ4n) is 3.24. The Labute approximate surface area is 220 Å². The van der Waals surface area contributed by atoms with Crippen molar-refractivity contribution in [2.24, 2.45) is 0 Å². The van der Waals surface area contributed by atoms with E-state index in [1.54, 1.807) is 18.2 Å². The summed E-state index contributed by atoms with van der Waals surface area (Å²) in [5.41, 5.74) is 0.912. The van der Waals surface area contributed by atoms with Gasteiger partial charge in [-0.25, -0.2) is 4.39 Å². The van der Waals surface area contributed by atoms with Crippen molar-refractivity contribution in [2.45, 2.75) is 11.4 Å². The maximum absolute atomic E-state index is 13.1. The first-order valence-corrected chi connectivity index (χ1v) is 13.1. The Balaban J connectivity index is 1.56. The van der Waals surface area contributed by atoms with E-state index in [0.29, 0.717) is 21.2 Å². The molecule has 0 atom stereocenters. The zero-order valence-electron chi connectivity index (χ0n) is 18.4. The number of amides is 2. The van der Waals surface area contributed by atoms with Gasteiger partial charge < -0.3 is 8.92 Å². The SMILES string of the molecule is COc1cc(/C=C2\SC(=O)N(Cc3c(Cl)cccc3Cl)C2=O)ccc1OS(=O)(=O)c1ccc(F)cc1. The summed E-state index contributed by atoms with van der Waals surface area (Å²) in [6.45, 7) is -0.0855. The molecule has 2 amide bonds. The molecule has 1 heterocycles. The highest BCUT2D eigenvalue weighted by Gasteiger charge is 2.35. The first kappa shape index (κ1) is 26.0. The second-order valence-electron chi connectivity index (χ2n) is 7.37. The summed E-state index contributed by atoms with van der Waals surface area (Å²) in [6.07, 6.45) is 1.47. The molecule has 3 aromatic rings. The van der Waals surface area contributed by atoms with Gasteiger partial charge in [0.15, 0.2) is 11.5 Å². The van der Waals surface area contributed by atoms with Gasteiger partial charge in [0, 0.05) is 15.6 Å². The molecular weight excluding hydrogens is 552 g/mol. The van der Waals surface area contributed by atoms with E-state index in [1.807, 2.05) is 0 Å².